The first-order valence-electron chi connectivity index (χ1n) is 7.65. The van der Waals surface area contributed by atoms with E-state index in [-0.39, 0.29) is 18.0 Å². The van der Waals surface area contributed by atoms with Crippen molar-refractivity contribution in [2.75, 3.05) is 32.6 Å². The Morgan fingerprint density at radius 3 is 2.65 bits per heavy atom. The molecule has 0 aromatic rings. The van der Waals surface area contributed by atoms with Gasteiger partial charge in [-0.15, -0.1) is 0 Å². The fraction of sp³-hybridized carbons (Fsp3) is 1.00. The van der Waals surface area contributed by atoms with E-state index >= 15 is 0 Å². The molecule has 1 heterocycles. The van der Waals surface area contributed by atoms with Gasteiger partial charge < -0.3 is 9.47 Å². The van der Waals surface area contributed by atoms with Crippen molar-refractivity contribution in [3.05, 3.63) is 0 Å². The zero-order valence-corrected chi connectivity index (χ0v) is 13.4. The number of nitrogens with zero attached hydrogens (tertiary/aromatic N) is 1. The molecule has 20 heavy (non-hydrogen) atoms. The molecule has 2 unspecified atom stereocenters. The molecule has 0 aromatic heterocycles. The van der Waals surface area contributed by atoms with Crippen LogP contribution in [0.15, 0.2) is 0 Å². The first-order chi connectivity index (χ1) is 9.53. The van der Waals surface area contributed by atoms with Crippen LogP contribution in [-0.2, 0) is 19.5 Å². The molecule has 0 radical (unpaired) electrons. The molecular weight excluding hydrogens is 278 g/mol. The van der Waals surface area contributed by atoms with E-state index in [2.05, 4.69) is 0 Å². The lowest BCUT2D eigenvalue weighted by atomic mass is 9.85. The van der Waals surface area contributed by atoms with E-state index in [0.29, 0.717) is 25.6 Å². The maximum absolute atomic E-state index is 12.4. The van der Waals surface area contributed by atoms with Crippen LogP contribution >= 0.6 is 0 Å². The minimum Gasteiger partial charge on any atom is -0.381 e. The van der Waals surface area contributed by atoms with Gasteiger partial charge in [0.2, 0.25) is 10.0 Å². The van der Waals surface area contributed by atoms with Crippen molar-refractivity contribution >= 4 is 10.0 Å². The molecule has 2 aliphatic rings. The summed E-state index contributed by atoms with van der Waals surface area (Å²) in [5.41, 5.74) is 0. The second-order valence-corrected chi connectivity index (χ2v) is 8.00. The summed E-state index contributed by atoms with van der Waals surface area (Å²) in [5, 5.41) is 0. The van der Waals surface area contributed by atoms with Crippen LogP contribution in [0.3, 0.4) is 0 Å². The van der Waals surface area contributed by atoms with E-state index in [1.807, 2.05) is 0 Å². The van der Waals surface area contributed by atoms with Crippen LogP contribution < -0.4 is 0 Å². The summed E-state index contributed by atoms with van der Waals surface area (Å²) in [4.78, 5) is 0. The second-order valence-electron chi connectivity index (χ2n) is 5.99. The number of sulfonamides is 1. The predicted molar refractivity (Wildman–Crippen MR) is 78.1 cm³/mol. The minimum absolute atomic E-state index is 0.0564. The summed E-state index contributed by atoms with van der Waals surface area (Å²) in [6.07, 6.45) is 5.96. The Bertz CT molecular complexity index is 392. The van der Waals surface area contributed by atoms with Crippen LogP contribution in [0.2, 0.25) is 0 Å². The molecule has 2 fully saturated rings. The molecule has 1 saturated carbocycles. The maximum atomic E-state index is 12.4. The molecule has 1 saturated heterocycles. The number of hydrogen-bond donors (Lipinski definition) is 0. The standard InChI is InChI=1S/C14H27NO4S/c1-12(18-2)11-20(16,17)15-8-9-19-14(10-15)13-6-4-3-5-7-13/h12-14H,3-11H2,1-2H3. The molecule has 6 heteroatoms. The fourth-order valence-electron chi connectivity index (χ4n) is 3.16. The number of ether oxygens (including phenoxy) is 2. The molecule has 0 bridgehead atoms. The van der Waals surface area contributed by atoms with Gasteiger partial charge in [0, 0.05) is 20.2 Å². The molecule has 0 N–H and O–H groups in total. The largest absolute Gasteiger partial charge is 0.381 e. The van der Waals surface area contributed by atoms with Gasteiger partial charge in [-0.1, -0.05) is 19.3 Å². The van der Waals surface area contributed by atoms with Crippen molar-refractivity contribution in [2.45, 2.75) is 51.2 Å². The van der Waals surface area contributed by atoms with Gasteiger partial charge in [0.1, 0.15) is 0 Å². The smallest absolute Gasteiger partial charge is 0.216 e. The third-order valence-electron chi connectivity index (χ3n) is 4.47. The highest BCUT2D eigenvalue weighted by Gasteiger charge is 2.34. The van der Waals surface area contributed by atoms with Gasteiger partial charge >= 0.3 is 0 Å². The Balaban J connectivity index is 1.95. The van der Waals surface area contributed by atoms with E-state index < -0.39 is 10.0 Å². The minimum atomic E-state index is -3.24. The van der Waals surface area contributed by atoms with Gasteiger partial charge in [-0.05, 0) is 25.7 Å². The Morgan fingerprint density at radius 2 is 2.00 bits per heavy atom. The van der Waals surface area contributed by atoms with Gasteiger partial charge in [-0.2, -0.15) is 4.31 Å². The zero-order chi connectivity index (χ0) is 14.6. The normalized spacial score (nSPS) is 28.4. The molecule has 1 aliphatic heterocycles. The molecule has 5 nitrogen and oxygen atoms in total. The highest BCUT2D eigenvalue weighted by molar-refractivity contribution is 7.89. The first kappa shape index (κ1) is 16.2. The third kappa shape index (κ3) is 4.16. The van der Waals surface area contributed by atoms with Gasteiger partial charge in [-0.25, -0.2) is 8.42 Å². The Labute approximate surface area is 122 Å². The van der Waals surface area contributed by atoms with Crippen molar-refractivity contribution in [1.29, 1.82) is 0 Å². The van der Waals surface area contributed by atoms with Crippen LogP contribution in [0.4, 0.5) is 0 Å². The van der Waals surface area contributed by atoms with Crippen LogP contribution in [-0.4, -0.2) is 57.5 Å². The highest BCUT2D eigenvalue weighted by Crippen LogP contribution is 2.30. The monoisotopic (exact) mass is 305 g/mol. The molecular formula is C14H27NO4S. The number of hydrogen-bond acceptors (Lipinski definition) is 4. The number of methoxy groups -OCH3 is 1. The summed E-state index contributed by atoms with van der Waals surface area (Å²) in [7, 11) is -1.69. The van der Waals surface area contributed by atoms with Crippen molar-refractivity contribution in [1.82, 2.24) is 4.31 Å². The van der Waals surface area contributed by atoms with Gasteiger partial charge in [0.25, 0.3) is 0 Å². The summed E-state index contributed by atoms with van der Waals surface area (Å²) < 4.78 is 37.3. The highest BCUT2D eigenvalue weighted by atomic mass is 32.2. The van der Waals surface area contributed by atoms with E-state index in [4.69, 9.17) is 9.47 Å². The zero-order valence-electron chi connectivity index (χ0n) is 12.6. The summed E-state index contributed by atoms with van der Waals surface area (Å²) in [6, 6.07) is 0. The van der Waals surface area contributed by atoms with Crippen molar-refractivity contribution in [3.63, 3.8) is 0 Å². The molecule has 0 amide bonds. The van der Waals surface area contributed by atoms with Crippen LogP contribution in [0.5, 0.6) is 0 Å². The number of morpholine rings is 1. The van der Waals surface area contributed by atoms with E-state index in [1.165, 1.54) is 32.1 Å². The van der Waals surface area contributed by atoms with Gasteiger partial charge in [-0.3, -0.25) is 0 Å². The van der Waals surface area contributed by atoms with Gasteiger partial charge in [0.15, 0.2) is 0 Å². The van der Waals surface area contributed by atoms with E-state index in [1.54, 1.807) is 18.3 Å². The van der Waals surface area contributed by atoms with E-state index in [9.17, 15) is 8.42 Å². The summed E-state index contributed by atoms with van der Waals surface area (Å²) >= 11 is 0. The molecule has 0 spiro atoms. The molecule has 2 rings (SSSR count). The lowest BCUT2D eigenvalue weighted by Crippen LogP contribution is -2.50. The van der Waals surface area contributed by atoms with Crippen molar-refractivity contribution < 1.29 is 17.9 Å². The quantitative estimate of drug-likeness (QED) is 0.775. The summed E-state index contributed by atoms with van der Waals surface area (Å²) in [6.45, 7) is 3.30. The average Bonchev–Trinajstić information content (AvgIpc) is 2.48. The first-order valence-corrected chi connectivity index (χ1v) is 9.26. The Hall–Kier alpha value is -0.170. The summed E-state index contributed by atoms with van der Waals surface area (Å²) in [5.74, 6) is 0.586. The topological polar surface area (TPSA) is 55.8 Å². The molecule has 118 valence electrons. The lowest BCUT2D eigenvalue weighted by molar-refractivity contribution is -0.0433. The van der Waals surface area contributed by atoms with Crippen molar-refractivity contribution in [3.8, 4) is 0 Å². The average molecular weight is 305 g/mol. The SMILES string of the molecule is COC(C)CS(=O)(=O)N1CCOC(C2CCCCC2)C1. The van der Waals surface area contributed by atoms with Crippen LogP contribution in [0.1, 0.15) is 39.0 Å². The van der Waals surface area contributed by atoms with Gasteiger partial charge in [0.05, 0.1) is 24.6 Å². The predicted octanol–water partition coefficient (Wildman–Crippen LogP) is 1.63. The lowest BCUT2D eigenvalue weighted by Gasteiger charge is -2.38. The van der Waals surface area contributed by atoms with Crippen molar-refractivity contribution in [2.24, 2.45) is 5.92 Å². The molecule has 1 aliphatic carbocycles. The molecule has 0 aromatic carbocycles. The Kier molecular flexibility index (Phi) is 5.84. The third-order valence-corrected chi connectivity index (χ3v) is 6.48. The molecule has 2 atom stereocenters. The van der Waals surface area contributed by atoms with E-state index in [0.717, 1.165) is 0 Å². The Morgan fingerprint density at radius 1 is 1.30 bits per heavy atom. The van der Waals surface area contributed by atoms with Crippen LogP contribution in [0.25, 0.3) is 0 Å². The number of rotatable bonds is 5. The van der Waals surface area contributed by atoms with Crippen LogP contribution in [0, 0.1) is 5.92 Å². The fourth-order valence-corrected chi connectivity index (χ4v) is 4.83. The maximum Gasteiger partial charge on any atom is 0.216 e. The second kappa shape index (κ2) is 7.20.